The molecule has 0 radical (unpaired) electrons. The molecule has 2 aromatic carbocycles. The van der Waals surface area contributed by atoms with E-state index in [0.717, 1.165) is 11.1 Å². The van der Waals surface area contributed by atoms with Crippen molar-refractivity contribution in [2.24, 2.45) is 0 Å². The molecule has 1 amide bonds. The number of benzene rings is 2. The SMILES string of the molecule is CC[C@H](O)C(=O)N[C@@H](Cc1ccccc1)C(=O)OCc1ccccc1. The second-order valence-electron chi connectivity index (χ2n) is 5.77. The van der Waals surface area contributed by atoms with Gasteiger partial charge in [0.25, 0.3) is 0 Å². The third kappa shape index (κ3) is 6.04. The van der Waals surface area contributed by atoms with Crippen LogP contribution in [0.5, 0.6) is 0 Å². The molecular formula is C20H23NO4. The van der Waals surface area contributed by atoms with Crippen molar-refractivity contribution < 1.29 is 19.4 Å². The minimum Gasteiger partial charge on any atom is -0.459 e. The van der Waals surface area contributed by atoms with Gasteiger partial charge in [0.2, 0.25) is 5.91 Å². The van der Waals surface area contributed by atoms with E-state index in [1.807, 2.05) is 60.7 Å². The zero-order valence-corrected chi connectivity index (χ0v) is 14.2. The first-order valence-corrected chi connectivity index (χ1v) is 8.33. The van der Waals surface area contributed by atoms with Crippen LogP contribution in [0.4, 0.5) is 0 Å². The summed E-state index contributed by atoms with van der Waals surface area (Å²) in [6.07, 6.45) is -0.556. The van der Waals surface area contributed by atoms with E-state index >= 15 is 0 Å². The van der Waals surface area contributed by atoms with Crippen molar-refractivity contribution >= 4 is 11.9 Å². The summed E-state index contributed by atoms with van der Waals surface area (Å²) in [6.45, 7) is 1.83. The van der Waals surface area contributed by atoms with E-state index in [1.165, 1.54) is 0 Å². The van der Waals surface area contributed by atoms with Gasteiger partial charge in [0.05, 0.1) is 0 Å². The van der Waals surface area contributed by atoms with E-state index in [1.54, 1.807) is 6.92 Å². The van der Waals surface area contributed by atoms with Gasteiger partial charge in [0.15, 0.2) is 0 Å². The van der Waals surface area contributed by atoms with E-state index in [0.29, 0.717) is 6.42 Å². The second-order valence-corrected chi connectivity index (χ2v) is 5.77. The van der Waals surface area contributed by atoms with Crippen LogP contribution in [0.25, 0.3) is 0 Å². The normalized spacial score (nSPS) is 12.9. The van der Waals surface area contributed by atoms with Gasteiger partial charge in [-0.3, -0.25) is 4.79 Å². The van der Waals surface area contributed by atoms with Crippen molar-refractivity contribution in [3.63, 3.8) is 0 Å². The molecule has 2 aromatic rings. The third-order valence-corrected chi connectivity index (χ3v) is 3.80. The summed E-state index contributed by atoms with van der Waals surface area (Å²) in [5.41, 5.74) is 1.77. The van der Waals surface area contributed by atoms with E-state index < -0.39 is 24.0 Å². The summed E-state index contributed by atoms with van der Waals surface area (Å²) in [4.78, 5) is 24.4. The first kappa shape index (κ1) is 18.7. The molecule has 0 saturated heterocycles. The summed E-state index contributed by atoms with van der Waals surface area (Å²) in [5, 5.41) is 12.3. The van der Waals surface area contributed by atoms with Crippen molar-refractivity contribution in [1.29, 1.82) is 0 Å². The molecule has 5 nitrogen and oxygen atoms in total. The van der Waals surface area contributed by atoms with Crippen molar-refractivity contribution in [2.45, 2.75) is 38.5 Å². The molecule has 2 rings (SSSR count). The summed E-state index contributed by atoms with van der Waals surface area (Å²) >= 11 is 0. The maximum absolute atomic E-state index is 12.4. The minimum absolute atomic E-state index is 0.136. The number of esters is 1. The molecule has 0 heterocycles. The average molecular weight is 341 g/mol. The van der Waals surface area contributed by atoms with Gasteiger partial charge >= 0.3 is 5.97 Å². The number of aliphatic hydroxyl groups excluding tert-OH is 1. The zero-order valence-electron chi connectivity index (χ0n) is 14.2. The van der Waals surface area contributed by atoms with Gasteiger partial charge < -0.3 is 15.2 Å². The van der Waals surface area contributed by atoms with Crippen LogP contribution in [0.2, 0.25) is 0 Å². The number of amides is 1. The van der Waals surface area contributed by atoms with Gasteiger partial charge in [-0.1, -0.05) is 67.6 Å². The number of carbonyl (C=O) groups is 2. The van der Waals surface area contributed by atoms with E-state index in [9.17, 15) is 14.7 Å². The molecule has 0 aliphatic rings. The molecule has 0 unspecified atom stereocenters. The quantitative estimate of drug-likeness (QED) is 0.722. The van der Waals surface area contributed by atoms with Gasteiger partial charge in [-0.15, -0.1) is 0 Å². The first-order valence-electron chi connectivity index (χ1n) is 8.33. The van der Waals surface area contributed by atoms with Crippen LogP contribution >= 0.6 is 0 Å². The Morgan fingerprint density at radius 2 is 1.56 bits per heavy atom. The molecule has 132 valence electrons. The minimum atomic E-state index is -1.14. The lowest BCUT2D eigenvalue weighted by Crippen LogP contribution is -2.47. The lowest BCUT2D eigenvalue weighted by molar-refractivity contribution is -0.150. The molecule has 0 aromatic heterocycles. The van der Waals surface area contributed by atoms with E-state index in [2.05, 4.69) is 5.32 Å². The molecule has 2 atom stereocenters. The Labute approximate surface area is 147 Å². The van der Waals surface area contributed by atoms with Gasteiger partial charge in [-0.05, 0) is 17.5 Å². The van der Waals surface area contributed by atoms with Gasteiger partial charge in [0, 0.05) is 6.42 Å². The highest BCUT2D eigenvalue weighted by molar-refractivity contribution is 5.87. The topological polar surface area (TPSA) is 75.6 Å². The smallest absolute Gasteiger partial charge is 0.329 e. The van der Waals surface area contributed by atoms with Crippen molar-refractivity contribution in [3.8, 4) is 0 Å². The van der Waals surface area contributed by atoms with Crippen LogP contribution < -0.4 is 5.32 Å². The maximum Gasteiger partial charge on any atom is 0.329 e. The maximum atomic E-state index is 12.4. The van der Waals surface area contributed by atoms with Gasteiger partial charge in [0.1, 0.15) is 18.8 Å². The Morgan fingerprint density at radius 3 is 2.12 bits per heavy atom. The summed E-state index contributed by atoms with van der Waals surface area (Å²) < 4.78 is 5.34. The van der Waals surface area contributed by atoms with Crippen LogP contribution in [0.1, 0.15) is 24.5 Å². The van der Waals surface area contributed by atoms with E-state index in [-0.39, 0.29) is 13.0 Å². The number of aliphatic hydroxyl groups is 1. The Kier molecular flexibility index (Phi) is 7.16. The standard InChI is InChI=1S/C20H23NO4/c1-2-18(22)19(23)21-17(13-15-9-5-3-6-10-15)20(24)25-14-16-11-7-4-8-12-16/h3-12,17-18,22H,2,13-14H2,1H3,(H,21,23)/t17-,18-/m0/s1. The number of hydrogen-bond donors (Lipinski definition) is 2. The molecule has 0 aliphatic heterocycles. The van der Waals surface area contributed by atoms with Crippen molar-refractivity contribution in [2.75, 3.05) is 0 Å². The van der Waals surface area contributed by atoms with Crippen molar-refractivity contribution in [3.05, 3.63) is 71.8 Å². The fourth-order valence-electron chi connectivity index (χ4n) is 2.33. The van der Waals surface area contributed by atoms with E-state index in [4.69, 9.17) is 4.74 Å². The number of carbonyl (C=O) groups excluding carboxylic acids is 2. The van der Waals surface area contributed by atoms with Crippen LogP contribution in [-0.4, -0.2) is 29.1 Å². The highest BCUT2D eigenvalue weighted by Gasteiger charge is 2.25. The lowest BCUT2D eigenvalue weighted by atomic mass is 10.1. The highest BCUT2D eigenvalue weighted by Crippen LogP contribution is 2.08. The molecule has 0 spiro atoms. The van der Waals surface area contributed by atoms with Crippen molar-refractivity contribution in [1.82, 2.24) is 5.32 Å². The van der Waals surface area contributed by atoms with Gasteiger partial charge in [-0.25, -0.2) is 4.79 Å². The Balaban J connectivity index is 2.03. The second kappa shape index (κ2) is 9.59. The fourth-order valence-corrected chi connectivity index (χ4v) is 2.33. The molecular weight excluding hydrogens is 318 g/mol. The Hall–Kier alpha value is -2.66. The summed E-state index contributed by atoms with van der Waals surface area (Å²) in [7, 11) is 0. The van der Waals surface area contributed by atoms with Gasteiger partial charge in [-0.2, -0.15) is 0 Å². The predicted octanol–water partition coefficient (Wildman–Crippen LogP) is 2.23. The molecule has 0 saturated carbocycles. The summed E-state index contributed by atoms with van der Waals surface area (Å²) in [5.74, 6) is -1.09. The monoisotopic (exact) mass is 341 g/mol. The molecule has 5 heteroatoms. The largest absolute Gasteiger partial charge is 0.459 e. The molecule has 2 N–H and O–H groups in total. The fraction of sp³-hybridized carbons (Fsp3) is 0.300. The predicted molar refractivity (Wildman–Crippen MR) is 94.6 cm³/mol. The first-order chi connectivity index (χ1) is 12.1. The number of hydrogen-bond acceptors (Lipinski definition) is 4. The van der Waals surface area contributed by atoms with Crippen LogP contribution in [-0.2, 0) is 27.4 Å². The molecule has 25 heavy (non-hydrogen) atoms. The Morgan fingerprint density at radius 1 is 1.00 bits per heavy atom. The average Bonchev–Trinajstić information content (AvgIpc) is 2.66. The lowest BCUT2D eigenvalue weighted by Gasteiger charge is -2.19. The van der Waals surface area contributed by atoms with Crippen LogP contribution in [0.15, 0.2) is 60.7 Å². The third-order valence-electron chi connectivity index (χ3n) is 3.80. The molecule has 0 aliphatic carbocycles. The number of ether oxygens (including phenoxy) is 1. The molecule has 0 bridgehead atoms. The highest BCUT2D eigenvalue weighted by atomic mass is 16.5. The number of nitrogens with one attached hydrogen (secondary N) is 1. The van der Waals surface area contributed by atoms with Crippen LogP contribution in [0.3, 0.4) is 0 Å². The zero-order chi connectivity index (χ0) is 18.1. The Bertz CT molecular complexity index is 673. The molecule has 0 fully saturated rings. The number of rotatable bonds is 8. The summed E-state index contributed by atoms with van der Waals surface area (Å²) in [6, 6.07) is 17.8. The van der Waals surface area contributed by atoms with Crippen LogP contribution in [0, 0.1) is 0 Å².